The molecule has 2 aromatic rings. The third-order valence-corrected chi connectivity index (χ3v) is 7.52. The van der Waals surface area contributed by atoms with E-state index in [1.165, 1.54) is 12.1 Å². The molecule has 7 nitrogen and oxygen atoms in total. The van der Waals surface area contributed by atoms with Crippen LogP contribution in [-0.4, -0.2) is 34.6 Å². The maximum Gasteiger partial charge on any atom is 0.417 e. The van der Waals surface area contributed by atoms with Crippen molar-refractivity contribution in [1.29, 1.82) is 5.26 Å². The lowest BCUT2D eigenvalue weighted by Gasteiger charge is -2.35. The first-order valence-electron chi connectivity index (χ1n) is 10.8. The Kier molecular flexibility index (Phi) is 5.17. The largest absolute Gasteiger partial charge is 0.477 e. The van der Waals surface area contributed by atoms with Crippen LogP contribution in [0.1, 0.15) is 31.4 Å². The summed E-state index contributed by atoms with van der Waals surface area (Å²) in [5.41, 5.74) is -4.07. The minimum atomic E-state index is -4.82. The second-order valence-electron chi connectivity index (χ2n) is 9.42. The lowest BCUT2D eigenvalue weighted by Crippen LogP contribution is -2.48. The molecule has 0 saturated carbocycles. The number of anilines is 1. The number of carbonyl (C=O) groups is 2. The maximum absolute atomic E-state index is 13.5. The number of amides is 2. The van der Waals surface area contributed by atoms with E-state index in [0.717, 1.165) is 11.0 Å². The topological polar surface area (TPSA) is 92.5 Å². The first kappa shape index (κ1) is 23.6. The highest BCUT2D eigenvalue weighted by Gasteiger charge is 2.75. The fourth-order valence-electron chi connectivity index (χ4n) is 5.83. The van der Waals surface area contributed by atoms with Crippen LogP contribution in [0.2, 0.25) is 5.15 Å². The molecule has 11 heteroatoms. The van der Waals surface area contributed by atoms with Crippen molar-refractivity contribution in [1.82, 2.24) is 4.98 Å². The number of nitriles is 1. The number of halogens is 4. The number of aromatic nitrogens is 1. The van der Waals surface area contributed by atoms with Gasteiger partial charge in [0.25, 0.3) is 0 Å². The molecule has 3 aliphatic rings. The number of ether oxygens (including phenoxy) is 2. The number of fused-ring (bicyclic) bond motifs is 5. The van der Waals surface area contributed by atoms with Gasteiger partial charge in [-0.2, -0.15) is 18.4 Å². The Labute approximate surface area is 203 Å². The van der Waals surface area contributed by atoms with E-state index in [-0.39, 0.29) is 23.4 Å². The van der Waals surface area contributed by atoms with Crippen molar-refractivity contribution in [3.05, 3.63) is 52.7 Å². The van der Waals surface area contributed by atoms with Crippen LogP contribution in [0, 0.1) is 29.1 Å². The van der Waals surface area contributed by atoms with Crippen LogP contribution in [0.25, 0.3) is 0 Å². The second-order valence-corrected chi connectivity index (χ2v) is 9.80. The molecule has 35 heavy (non-hydrogen) atoms. The van der Waals surface area contributed by atoms with Crippen LogP contribution < -0.4 is 9.64 Å². The summed E-state index contributed by atoms with van der Waals surface area (Å²) in [7, 11) is 0. The number of imide groups is 1. The minimum absolute atomic E-state index is 0.152. The van der Waals surface area contributed by atoms with Gasteiger partial charge in [0.2, 0.25) is 17.7 Å². The van der Waals surface area contributed by atoms with Gasteiger partial charge in [-0.3, -0.25) is 9.59 Å². The molecule has 1 aromatic heterocycles. The molecule has 5 atom stereocenters. The van der Waals surface area contributed by atoms with Crippen molar-refractivity contribution in [2.45, 2.75) is 37.6 Å². The third kappa shape index (κ3) is 3.48. The van der Waals surface area contributed by atoms with Gasteiger partial charge < -0.3 is 9.47 Å². The molecule has 3 aliphatic heterocycles. The number of hydrogen-bond donors (Lipinski definition) is 0. The van der Waals surface area contributed by atoms with E-state index >= 15 is 0 Å². The molecule has 0 radical (unpaired) electrons. The maximum atomic E-state index is 13.5. The number of rotatable bonds is 4. The van der Waals surface area contributed by atoms with Crippen molar-refractivity contribution in [3.63, 3.8) is 0 Å². The van der Waals surface area contributed by atoms with Gasteiger partial charge in [-0.25, -0.2) is 9.88 Å². The number of pyridine rings is 1. The number of hydrogen-bond acceptors (Lipinski definition) is 6. The highest BCUT2D eigenvalue weighted by molar-refractivity contribution is 6.29. The molecule has 0 spiro atoms. The molecule has 2 amide bonds. The molecule has 182 valence electrons. The van der Waals surface area contributed by atoms with Gasteiger partial charge in [-0.05, 0) is 44.5 Å². The summed E-state index contributed by atoms with van der Waals surface area (Å²) in [6.45, 7) is 3.62. The Morgan fingerprint density at radius 2 is 1.94 bits per heavy atom. The molecule has 4 heterocycles. The Hall–Kier alpha value is -3.16. The fourth-order valence-corrected chi connectivity index (χ4v) is 5.98. The normalized spacial score (nSPS) is 31.6. The predicted molar refractivity (Wildman–Crippen MR) is 116 cm³/mol. The van der Waals surface area contributed by atoms with Crippen LogP contribution in [0.15, 0.2) is 36.4 Å². The van der Waals surface area contributed by atoms with Crippen LogP contribution in [-0.2, 0) is 20.5 Å². The molecular formula is C24H19ClF3N3O4. The van der Waals surface area contributed by atoms with E-state index in [1.54, 1.807) is 32.0 Å². The van der Waals surface area contributed by atoms with Crippen molar-refractivity contribution < 1.29 is 32.2 Å². The van der Waals surface area contributed by atoms with E-state index in [9.17, 15) is 22.8 Å². The summed E-state index contributed by atoms with van der Waals surface area (Å²) in [5.74, 6) is -2.95. The number of alkyl halides is 3. The summed E-state index contributed by atoms with van der Waals surface area (Å²) in [4.78, 5) is 31.8. The zero-order chi connectivity index (χ0) is 25.3. The predicted octanol–water partition coefficient (Wildman–Crippen LogP) is 4.38. The van der Waals surface area contributed by atoms with E-state index in [2.05, 4.69) is 4.98 Å². The van der Waals surface area contributed by atoms with Crippen LogP contribution in [0.3, 0.4) is 0 Å². The molecule has 0 aliphatic carbocycles. The SMILES string of the molecule is C[C@]12O[C@](C)(C[C@H]1COc1cccc(Cl)n1)[C@H]1C(=O)N(c3ccc(C#N)c(C(F)(F)F)c3)C(=O)[C@H]12. The van der Waals surface area contributed by atoms with Gasteiger partial charge in [-0.15, -0.1) is 0 Å². The average molecular weight is 506 g/mol. The third-order valence-electron chi connectivity index (χ3n) is 7.31. The molecule has 0 N–H and O–H groups in total. The summed E-state index contributed by atoms with van der Waals surface area (Å²) in [5, 5.41) is 9.32. The monoisotopic (exact) mass is 505 g/mol. The average Bonchev–Trinajstić information content (AvgIpc) is 3.31. The van der Waals surface area contributed by atoms with Crippen molar-refractivity contribution >= 4 is 29.1 Å². The highest BCUT2D eigenvalue weighted by Crippen LogP contribution is 2.63. The molecular weight excluding hydrogens is 487 g/mol. The molecule has 2 bridgehead atoms. The van der Waals surface area contributed by atoms with E-state index in [4.69, 9.17) is 26.3 Å². The van der Waals surface area contributed by atoms with E-state index in [1.807, 2.05) is 0 Å². The zero-order valence-corrected chi connectivity index (χ0v) is 19.4. The summed E-state index contributed by atoms with van der Waals surface area (Å²) in [6.07, 6.45) is -4.40. The van der Waals surface area contributed by atoms with Crippen LogP contribution in [0.5, 0.6) is 5.88 Å². The van der Waals surface area contributed by atoms with Gasteiger partial charge in [0, 0.05) is 12.0 Å². The summed E-state index contributed by atoms with van der Waals surface area (Å²) in [6, 6.07) is 9.26. The van der Waals surface area contributed by atoms with Crippen LogP contribution >= 0.6 is 11.6 Å². The highest BCUT2D eigenvalue weighted by atomic mass is 35.5. The van der Waals surface area contributed by atoms with Crippen molar-refractivity contribution in [2.24, 2.45) is 17.8 Å². The number of nitrogens with zero attached hydrogens (tertiary/aromatic N) is 3. The van der Waals surface area contributed by atoms with Gasteiger partial charge in [-0.1, -0.05) is 17.7 Å². The minimum Gasteiger partial charge on any atom is -0.477 e. The molecule has 3 saturated heterocycles. The fraction of sp³-hybridized carbons (Fsp3) is 0.417. The first-order chi connectivity index (χ1) is 16.4. The van der Waals surface area contributed by atoms with Gasteiger partial charge >= 0.3 is 6.18 Å². The molecule has 3 fully saturated rings. The smallest absolute Gasteiger partial charge is 0.417 e. The molecule has 0 unspecified atom stereocenters. The van der Waals surface area contributed by atoms with E-state index in [0.29, 0.717) is 18.4 Å². The van der Waals surface area contributed by atoms with Gasteiger partial charge in [0.15, 0.2) is 0 Å². The number of benzene rings is 1. The number of carbonyl (C=O) groups excluding carboxylic acids is 2. The molecule has 1 aromatic carbocycles. The van der Waals surface area contributed by atoms with Crippen molar-refractivity contribution in [3.8, 4) is 11.9 Å². The van der Waals surface area contributed by atoms with Crippen molar-refractivity contribution in [2.75, 3.05) is 11.5 Å². The Morgan fingerprint density at radius 3 is 2.60 bits per heavy atom. The lowest BCUT2D eigenvalue weighted by molar-refractivity contribution is -0.138. The Morgan fingerprint density at radius 1 is 1.23 bits per heavy atom. The lowest BCUT2D eigenvalue weighted by atomic mass is 9.64. The standard InChI is InChI=1S/C24H19ClF3N3O4/c1-22-9-13(11-34-17-5-3-4-16(25)30-17)23(2,35-22)19-18(22)20(32)31(21(19)33)14-7-6-12(10-29)15(8-14)24(26,27)28/h3-8,13,18-19H,9,11H2,1-2H3/t13-,18+,19-,22+,23-/m0/s1. The van der Waals surface area contributed by atoms with Gasteiger partial charge in [0.05, 0.1) is 52.5 Å². The summed E-state index contributed by atoms with van der Waals surface area (Å²) >= 11 is 5.90. The van der Waals surface area contributed by atoms with E-state index < -0.39 is 52.2 Å². The second kappa shape index (κ2) is 7.67. The van der Waals surface area contributed by atoms with Crippen LogP contribution in [0.4, 0.5) is 18.9 Å². The zero-order valence-electron chi connectivity index (χ0n) is 18.6. The molecule has 5 rings (SSSR count). The van der Waals surface area contributed by atoms with Gasteiger partial charge in [0.1, 0.15) is 5.15 Å². The Bertz CT molecular complexity index is 1300. The first-order valence-corrected chi connectivity index (χ1v) is 11.2. The summed E-state index contributed by atoms with van der Waals surface area (Å²) < 4.78 is 52.5. The quantitative estimate of drug-likeness (QED) is 0.452. The Balaban J connectivity index is 1.46.